The second kappa shape index (κ2) is 14.9. The molecule has 0 aliphatic rings. The minimum Gasteiger partial charge on any atom is -0.508 e. The number of hydrogen-bond donors (Lipinski definition) is 6. The Kier molecular flexibility index (Phi) is 11.9. The average molecular weight is 471 g/mol. The second-order valence-corrected chi connectivity index (χ2v) is 8.66. The van der Waals surface area contributed by atoms with Crippen LogP contribution >= 0.6 is 0 Å². The highest BCUT2D eigenvalue weighted by atomic mass is 16.3. The van der Waals surface area contributed by atoms with Gasteiger partial charge in [-0.15, -0.1) is 0 Å². The summed E-state index contributed by atoms with van der Waals surface area (Å²) in [6.45, 7) is 1.22. The number of carbonyl (C=O) groups is 2. The van der Waals surface area contributed by atoms with Crippen molar-refractivity contribution in [1.29, 1.82) is 0 Å². The van der Waals surface area contributed by atoms with Gasteiger partial charge in [0.05, 0.1) is 12.1 Å². The summed E-state index contributed by atoms with van der Waals surface area (Å²) in [7, 11) is 0. The van der Waals surface area contributed by atoms with Crippen molar-refractivity contribution >= 4 is 11.8 Å². The van der Waals surface area contributed by atoms with E-state index in [0.717, 1.165) is 49.7 Å². The number of nitrogens with two attached hydrogens (primary N) is 2. The molecule has 8 nitrogen and oxygen atoms in total. The molecule has 2 rings (SSSR count). The summed E-state index contributed by atoms with van der Waals surface area (Å²) >= 11 is 0. The van der Waals surface area contributed by atoms with Crippen molar-refractivity contribution in [1.82, 2.24) is 10.6 Å². The van der Waals surface area contributed by atoms with Gasteiger partial charge in [-0.2, -0.15) is 0 Å². The van der Waals surface area contributed by atoms with Crippen LogP contribution in [0.15, 0.2) is 48.5 Å². The van der Waals surface area contributed by atoms with E-state index in [4.69, 9.17) is 11.5 Å². The van der Waals surface area contributed by atoms with Crippen LogP contribution < -0.4 is 22.1 Å². The number of nitrogens with one attached hydrogen (secondary N) is 2. The van der Waals surface area contributed by atoms with Gasteiger partial charge in [0.15, 0.2) is 0 Å². The van der Waals surface area contributed by atoms with Crippen molar-refractivity contribution < 1.29 is 19.8 Å². The topological polar surface area (TPSA) is 151 Å². The molecule has 8 N–H and O–H groups in total. The molecule has 2 amide bonds. The first-order chi connectivity index (χ1) is 16.3. The fraction of sp³-hybridized carbons (Fsp3) is 0.462. The largest absolute Gasteiger partial charge is 0.508 e. The molecule has 0 aliphatic carbocycles. The maximum Gasteiger partial charge on any atom is 0.237 e. The van der Waals surface area contributed by atoms with E-state index in [1.165, 1.54) is 0 Å². The van der Waals surface area contributed by atoms with Gasteiger partial charge in [-0.25, -0.2) is 0 Å². The van der Waals surface area contributed by atoms with Crippen molar-refractivity contribution in [2.24, 2.45) is 11.5 Å². The van der Waals surface area contributed by atoms with Crippen LogP contribution in [0, 0.1) is 0 Å². The summed E-state index contributed by atoms with van der Waals surface area (Å²) in [6, 6.07) is 12.2. The van der Waals surface area contributed by atoms with E-state index in [1.807, 2.05) is 0 Å². The highest BCUT2D eigenvalue weighted by Crippen LogP contribution is 2.12. The molecule has 0 saturated heterocycles. The molecule has 0 spiro atoms. The van der Waals surface area contributed by atoms with Crippen LogP contribution in [0.25, 0.3) is 0 Å². The third-order valence-corrected chi connectivity index (χ3v) is 5.66. The van der Waals surface area contributed by atoms with Crippen LogP contribution in [-0.4, -0.2) is 47.2 Å². The van der Waals surface area contributed by atoms with Crippen molar-refractivity contribution in [3.63, 3.8) is 0 Å². The zero-order valence-corrected chi connectivity index (χ0v) is 19.7. The maximum absolute atomic E-state index is 12.1. The fourth-order valence-electron chi connectivity index (χ4n) is 3.60. The van der Waals surface area contributed by atoms with Crippen molar-refractivity contribution in [2.45, 2.75) is 63.5 Å². The molecular formula is C26H38N4O4. The average Bonchev–Trinajstić information content (AvgIpc) is 2.82. The predicted octanol–water partition coefficient (Wildman–Crippen LogP) is 2.11. The van der Waals surface area contributed by atoms with Crippen LogP contribution in [0.4, 0.5) is 0 Å². The van der Waals surface area contributed by atoms with Crippen molar-refractivity contribution in [3.05, 3.63) is 59.7 Å². The molecule has 0 radical (unpaired) electrons. The number of aromatic hydroxyl groups is 2. The number of phenols is 2. The Balaban J connectivity index is 1.44. The third kappa shape index (κ3) is 10.7. The Morgan fingerprint density at radius 3 is 1.29 bits per heavy atom. The molecule has 0 heterocycles. The molecule has 0 bridgehead atoms. The van der Waals surface area contributed by atoms with E-state index >= 15 is 0 Å². The number of hydrogen-bond acceptors (Lipinski definition) is 6. The Bertz CT molecular complexity index is 798. The first-order valence-electron chi connectivity index (χ1n) is 12.0. The van der Waals surface area contributed by atoms with Crippen LogP contribution in [0.1, 0.15) is 49.7 Å². The van der Waals surface area contributed by atoms with E-state index in [9.17, 15) is 19.8 Å². The summed E-state index contributed by atoms with van der Waals surface area (Å²) in [5.41, 5.74) is 13.7. The van der Waals surface area contributed by atoms with Gasteiger partial charge in [-0.1, -0.05) is 49.9 Å². The van der Waals surface area contributed by atoms with Crippen LogP contribution in [0.2, 0.25) is 0 Å². The van der Waals surface area contributed by atoms with Crippen molar-refractivity contribution in [3.8, 4) is 11.5 Å². The molecule has 0 unspecified atom stereocenters. The summed E-state index contributed by atoms with van der Waals surface area (Å²) in [4.78, 5) is 24.2. The molecule has 0 aliphatic heterocycles. The standard InChI is InChI=1S/C26H38N4O4/c27-23(17-19-7-11-21(31)12-8-19)25(33)29-15-5-3-1-2-4-6-16-30-26(34)24(28)18-20-9-13-22(32)14-10-20/h7-14,23-24,31-32H,1-6,15-18,27-28H2,(H,29,33)(H,30,34)/t23-,24+. The Morgan fingerprint density at radius 2 is 0.941 bits per heavy atom. The second-order valence-electron chi connectivity index (χ2n) is 8.66. The first-order valence-corrected chi connectivity index (χ1v) is 12.0. The van der Waals surface area contributed by atoms with Crippen LogP contribution in [-0.2, 0) is 22.4 Å². The van der Waals surface area contributed by atoms with Gasteiger partial charge >= 0.3 is 0 Å². The molecule has 0 fully saturated rings. The number of benzene rings is 2. The number of amides is 2. The zero-order chi connectivity index (χ0) is 24.8. The monoisotopic (exact) mass is 470 g/mol. The van der Waals surface area contributed by atoms with E-state index in [0.29, 0.717) is 25.9 Å². The molecule has 2 aromatic carbocycles. The van der Waals surface area contributed by atoms with Gasteiger partial charge in [0.2, 0.25) is 11.8 Å². The van der Waals surface area contributed by atoms with E-state index in [1.54, 1.807) is 48.5 Å². The summed E-state index contributed by atoms with van der Waals surface area (Å²) in [6.07, 6.45) is 6.87. The molecular weight excluding hydrogens is 432 g/mol. The number of carbonyl (C=O) groups excluding carboxylic acids is 2. The minimum atomic E-state index is -0.603. The Labute approximate surface area is 201 Å². The number of unbranched alkanes of at least 4 members (excludes halogenated alkanes) is 5. The van der Waals surface area contributed by atoms with Crippen LogP contribution in [0.3, 0.4) is 0 Å². The molecule has 8 heteroatoms. The SMILES string of the molecule is N[C@H](Cc1ccc(O)cc1)C(=O)NCCCCCCCCNC(=O)[C@@H](N)Cc1ccc(O)cc1. The molecule has 34 heavy (non-hydrogen) atoms. The lowest BCUT2D eigenvalue weighted by Gasteiger charge is -2.13. The molecule has 2 atom stereocenters. The highest BCUT2D eigenvalue weighted by molar-refractivity contribution is 5.82. The lowest BCUT2D eigenvalue weighted by atomic mass is 10.1. The quantitative estimate of drug-likeness (QED) is 0.219. The Morgan fingerprint density at radius 1 is 0.618 bits per heavy atom. The van der Waals surface area contributed by atoms with Gasteiger partial charge in [-0.05, 0) is 61.1 Å². The van der Waals surface area contributed by atoms with E-state index < -0.39 is 12.1 Å². The number of rotatable bonds is 15. The predicted molar refractivity (Wildman–Crippen MR) is 133 cm³/mol. The molecule has 186 valence electrons. The summed E-state index contributed by atoms with van der Waals surface area (Å²) in [5, 5.41) is 24.4. The molecule has 0 saturated carbocycles. The van der Waals surface area contributed by atoms with E-state index in [2.05, 4.69) is 10.6 Å². The number of phenolic OH excluding ortho intramolecular Hbond substituents is 2. The molecule has 2 aromatic rings. The van der Waals surface area contributed by atoms with E-state index in [-0.39, 0.29) is 23.3 Å². The zero-order valence-electron chi connectivity index (χ0n) is 19.7. The van der Waals surface area contributed by atoms with Gasteiger partial charge < -0.3 is 32.3 Å². The minimum absolute atomic E-state index is 0.160. The van der Waals surface area contributed by atoms with Crippen LogP contribution in [0.5, 0.6) is 11.5 Å². The summed E-state index contributed by atoms with van der Waals surface area (Å²) < 4.78 is 0. The fourth-order valence-corrected chi connectivity index (χ4v) is 3.60. The van der Waals surface area contributed by atoms with Gasteiger partial charge in [0.25, 0.3) is 0 Å². The van der Waals surface area contributed by atoms with Crippen molar-refractivity contribution in [2.75, 3.05) is 13.1 Å². The van der Waals surface area contributed by atoms with Gasteiger partial charge in [0.1, 0.15) is 11.5 Å². The highest BCUT2D eigenvalue weighted by Gasteiger charge is 2.14. The summed E-state index contributed by atoms with van der Waals surface area (Å²) in [5.74, 6) is 0.0651. The third-order valence-electron chi connectivity index (χ3n) is 5.66. The first kappa shape index (κ1) is 27.1. The normalized spacial score (nSPS) is 12.6. The van der Waals surface area contributed by atoms with Gasteiger partial charge in [0, 0.05) is 13.1 Å². The molecule has 0 aromatic heterocycles. The smallest absolute Gasteiger partial charge is 0.237 e. The maximum atomic E-state index is 12.1. The lowest BCUT2D eigenvalue weighted by Crippen LogP contribution is -2.42. The lowest BCUT2D eigenvalue weighted by molar-refractivity contribution is -0.123. The Hall–Kier alpha value is -3.10. The van der Waals surface area contributed by atoms with Gasteiger partial charge in [-0.3, -0.25) is 9.59 Å².